The molecule has 4 aliphatic rings. The fourth-order valence-electron chi connectivity index (χ4n) is 7.87. The van der Waals surface area contributed by atoms with Gasteiger partial charge in [-0.2, -0.15) is 0 Å². The maximum absolute atomic E-state index is 12.9. The molecular formula is C26H37NO5. The largest absolute Gasteiger partial charge is 0.504 e. The van der Waals surface area contributed by atoms with Gasteiger partial charge in [-0.25, -0.2) is 0 Å². The van der Waals surface area contributed by atoms with E-state index in [4.69, 9.17) is 9.47 Å². The summed E-state index contributed by atoms with van der Waals surface area (Å²) in [5.41, 5.74) is 1.03. The van der Waals surface area contributed by atoms with Crippen molar-refractivity contribution in [2.75, 3.05) is 20.2 Å². The smallest absolute Gasteiger partial charge is 0.306 e. The van der Waals surface area contributed by atoms with Crippen molar-refractivity contribution in [2.45, 2.75) is 76.0 Å². The normalized spacial score (nSPS) is 38.6. The third kappa shape index (κ3) is 3.50. The van der Waals surface area contributed by atoms with Crippen LogP contribution < -0.4 is 4.74 Å². The molecule has 2 heterocycles. The van der Waals surface area contributed by atoms with Crippen LogP contribution in [0.5, 0.6) is 11.5 Å². The van der Waals surface area contributed by atoms with Crippen LogP contribution in [0, 0.1) is 23.7 Å². The molecule has 1 spiro atoms. The molecule has 0 unspecified atom stereocenters. The summed E-state index contributed by atoms with van der Waals surface area (Å²) in [6, 6.07) is 5.15. The van der Waals surface area contributed by atoms with Crippen molar-refractivity contribution in [3.8, 4) is 11.5 Å². The van der Waals surface area contributed by atoms with E-state index in [2.05, 4.69) is 11.8 Å². The molecule has 2 N–H and O–H groups in total. The second-order valence-corrected chi connectivity index (χ2v) is 10.6. The third-order valence-corrected chi connectivity index (χ3v) is 8.93. The van der Waals surface area contributed by atoms with Crippen molar-refractivity contribution in [3.63, 3.8) is 0 Å². The molecular weight excluding hydrogens is 406 g/mol. The molecule has 2 bridgehead atoms. The van der Waals surface area contributed by atoms with Gasteiger partial charge in [-0.3, -0.25) is 9.69 Å². The van der Waals surface area contributed by atoms with E-state index in [0.29, 0.717) is 24.0 Å². The van der Waals surface area contributed by atoms with E-state index < -0.39 is 6.10 Å². The highest BCUT2D eigenvalue weighted by atomic mass is 16.6. The Hall–Kier alpha value is -1.79. The van der Waals surface area contributed by atoms with Crippen molar-refractivity contribution >= 4 is 5.97 Å². The molecule has 5 rings (SSSR count). The monoisotopic (exact) mass is 443 g/mol. The molecule has 0 amide bonds. The highest BCUT2D eigenvalue weighted by Gasteiger charge is 2.65. The van der Waals surface area contributed by atoms with E-state index in [1.807, 2.05) is 0 Å². The molecule has 6 heteroatoms. The van der Waals surface area contributed by atoms with Gasteiger partial charge in [0.2, 0.25) is 0 Å². The third-order valence-electron chi connectivity index (χ3n) is 8.93. The number of methoxy groups -OCH3 is 1. The molecule has 4 fully saturated rings. The molecule has 0 aromatic heterocycles. The fraction of sp³-hybridized carbons (Fsp3) is 0.731. The Labute approximate surface area is 190 Å². The van der Waals surface area contributed by atoms with Gasteiger partial charge in [-0.05, 0) is 87.6 Å². The first-order valence-corrected chi connectivity index (χ1v) is 12.4. The molecule has 0 radical (unpaired) electrons. The molecule has 32 heavy (non-hydrogen) atoms. The average molecular weight is 444 g/mol. The average Bonchev–Trinajstić information content (AvgIpc) is 2.78. The van der Waals surface area contributed by atoms with Crippen LogP contribution in [0.2, 0.25) is 0 Å². The minimum absolute atomic E-state index is 0.0908. The van der Waals surface area contributed by atoms with Gasteiger partial charge >= 0.3 is 5.97 Å². The predicted molar refractivity (Wildman–Crippen MR) is 121 cm³/mol. The summed E-state index contributed by atoms with van der Waals surface area (Å²) in [6.07, 6.45) is 6.60. The summed E-state index contributed by atoms with van der Waals surface area (Å²) >= 11 is 0. The molecule has 1 aromatic carbocycles. The van der Waals surface area contributed by atoms with Crippen LogP contribution in [-0.2, 0) is 16.0 Å². The fourth-order valence-corrected chi connectivity index (χ4v) is 7.87. The van der Waals surface area contributed by atoms with Gasteiger partial charge in [0.25, 0.3) is 0 Å². The molecule has 2 saturated carbocycles. The van der Waals surface area contributed by atoms with E-state index >= 15 is 0 Å². The zero-order valence-corrected chi connectivity index (χ0v) is 19.3. The summed E-state index contributed by atoms with van der Waals surface area (Å²) in [6.45, 7) is 4.64. The quantitative estimate of drug-likeness (QED) is 0.678. The minimum atomic E-state index is -0.567. The second-order valence-electron chi connectivity index (χ2n) is 10.6. The summed E-state index contributed by atoms with van der Waals surface area (Å²) in [5, 5.41) is 21.3. The van der Waals surface area contributed by atoms with E-state index in [0.717, 1.165) is 37.9 Å². The van der Waals surface area contributed by atoms with E-state index in [1.54, 1.807) is 18.2 Å². The van der Waals surface area contributed by atoms with Gasteiger partial charge in [-0.1, -0.05) is 13.0 Å². The Morgan fingerprint density at radius 1 is 1.22 bits per heavy atom. The first-order chi connectivity index (χ1) is 15.4. The SMILES string of the molecule is COc1cc(CCC(=O)O[C@@H]2[C@@H](O)[C@H]3CCCN4CCC[C@@H]5[C@H]2C[C@H](C)C[C@]354)ccc1O. The number of benzene rings is 1. The zero-order valence-electron chi connectivity index (χ0n) is 19.3. The summed E-state index contributed by atoms with van der Waals surface area (Å²) in [7, 11) is 1.51. The highest BCUT2D eigenvalue weighted by molar-refractivity contribution is 5.70. The Morgan fingerprint density at radius 2 is 1.97 bits per heavy atom. The van der Waals surface area contributed by atoms with E-state index in [-0.39, 0.29) is 41.6 Å². The number of aromatic hydroxyl groups is 1. The van der Waals surface area contributed by atoms with Crippen LogP contribution in [-0.4, -0.2) is 59.0 Å². The lowest BCUT2D eigenvalue weighted by atomic mass is 9.47. The van der Waals surface area contributed by atoms with E-state index in [1.165, 1.54) is 26.4 Å². The topological polar surface area (TPSA) is 79.2 Å². The van der Waals surface area contributed by atoms with Crippen LogP contribution in [0.3, 0.4) is 0 Å². The molecule has 7 atom stereocenters. The first kappa shape index (κ1) is 22.0. The Bertz CT molecular complexity index is 845. The van der Waals surface area contributed by atoms with Crippen molar-refractivity contribution < 1.29 is 24.5 Å². The van der Waals surface area contributed by atoms with Gasteiger partial charge in [0.05, 0.1) is 13.2 Å². The maximum Gasteiger partial charge on any atom is 0.306 e. The van der Waals surface area contributed by atoms with Crippen molar-refractivity contribution in [1.29, 1.82) is 0 Å². The van der Waals surface area contributed by atoms with Gasteiger partial charge < -0.3 is 19.7 Å². The number of rotatable bonds is 5. The molecule has 2 saturated heterocycles. The summed E-state index contributed by atoms with van der Waals surface area (Å²) in [4.78, 5) is 15.6. The highest BCUT2D eigenvalue weighted by Crippen LogP contribution is 2.60. The number of nitrogens with zero attached hydrogens (tertiary/aromatic N) is 1. The van der Waals surface area contributed by atoms with Gasteiger partial charge in [-0.15, -0.1) is 0 Å². The number of carbonyl (C=O) groups excluding carboxylic acids is 1. The number of hydrogen-bond acceptors (Lipinski definition) is 6. The lowest BCUT2D eigenvalue weighted by Gasteiger charge is -2.68. The van der Waals surface area contributed by atoms with Crippen molar-refractivity contribution in [2.24, 2.45) is 23.7 Å². The van der Waals surface area contributed by atoms with Crippen LogP contribution in [0.15, 0.2) is 18.2 Å². The number of esters is 1. The van der Waals surface area contributed by atoms with Gasteiger partial charge in [0.1, 0.15) is 6.10 Å². The summed E-state index contributed by atoms with van der Waals surface area (Å²) in [5.74, 6) is 1.84. The Morgan fingerprint density at radius 3 is 2.72 bits per heavy atom. The van der Waals surface area contributed by atoms with Crippen LogP contribution in [0.1, 0.15) is 57.4 Å². The van der Waals surface area contributed by atoms with E-state index in [9.17, 15) is 15.0 Å². The summed E-state index contributed by atoms with van der Waals surface area (Å²) < 4.78 is 11.3. The second kappa shape index (κ2) is 8.53. The number of phenolic OH excluding ortho intramolecular Hbond substituents is 1. The number of phenols is 1. The lowest BCUT2D eigenvalue weighted by molar-refractivity contribution is -0.242. The number of carbonyl (C=O) groups is 1. The Balaban J connectivity index is 1.32. The number of piperidine rings is 2. The maximum atomic E-state index is 12.9. The van der Waals surface area contributed by atoms with Gasteiger partial charge in [0, 0.05) is 23.8 Å². The number of hydrogen-bond donors (Lipinski definition) is 2. The van der Waals surface area contributed by atoms with Crippen LogP contribution in [0.25, 0.3) is 0 Å². The number of aryl methyl sites for hydroxylation is 1. The Kier molecular flexibility index (Phi) is 5.87. The lowest BCUT2D eigenvalue weighted by Crippen LogP contribution is -2.75. The number of aliphatic hydroxyl groups is 1. The molecule has 1 aromatic rings. The van der Waals surface area contributed by atoms with Crippen LogP contribution >= 0.6 is 0 Å². The number of ether oxygens (including phenoxy) is 2. The zero-order chi connectivity index (χ0) is 22.5. The number of aliphatic hydroxyl groups excluding tert-OH is 1. The van der Waals surface area contributed by atoms with Crippen molar-refractivity contribution in [1.82, 2.24) is 4.90 Å². The molecule has 2 aliphatic heterocycles. The molecule has 176 valence electrons. The van der Waals surface area contributed by atoms with Crippen LogP contribution in [0.4, 0.5) is 0 Å². The predicted octanol–water partition coefficient (Wildman–Crippen LogP) is 3.53. The van der Waals surface area contributed by atoms with Crippen molar-refractivity contribution in [3.05, 3.63) is 23.8 Å². The first-order valence-electron chi connectivity index (χ1n) is 12.4. The van der Waals surface area contributed by atoms with Gasteiger partial charge in [0.15, 0.2) is 11.5 Å². The minimum Gasteiger partial charge on any atom is -0.504 e. The molecule has 2 aliphatic carbocycles. The molecule has 6 nitrogen and oxygen atoms in total. The standard InChI is InChI=1S/C26H37NO5/c1-16-13-18-19-5-3-11-27-12-4-6-20(26(19,27)15-16)24(30)25(18)32-23(29)10-8-17-7-9-21(28)22(14-17)31-2/h7,9,14,16,18-20,24-25,28,30H,3-6,8,10-13,15H2,1-2H3/t16-,18+,19+,20+,24-,25-,26+/m0/s1.